The van der Waals surface area contributed by atoms with Crippen LogP contribution in [0, 0.1) is 6.92 Å². The molecule has 0 N–H and O–H groups in total. The maximum Gasteiger partial charge on any atom is 0.434 e. The zero-order chi connectivity index (χ0) is 16.5. The molecule has 0 atom stereocenters. The lowest BCUT2D eigenvalue weighted by molar-refractivity contribution is -0.141. The maximum absolute atomic E-state index is 13.4. The van der Waals surface area contributed by atoms with Gasteiger partial charge in [0.05, 0.1) is 13.2 Å². The third-order valence-electron chi connectivity index (χ3n) is 2.89. The van der Waals surface area contributed by atoms with E-state index in [-0.39, 0.29) is 18.9 Å². The Morgan fingerprint density at radius 2 is 1.86 bits per heavy atom. The monoisotopic (exact) mass is 336 g/mol. The molecule has 0 fully saturated rings. The SMILES string of the molecule is CCOP(=O)(OCC)c1nc2cc(C)ccn2c1C(F)(F)F. The number of hydrogen-bond donors (Lipinski definition) is 0. The minimum atomic E-state index is -4.74. The molecular weight excluding hydrogens is 320 g/mol. The van der Waals surface area contributed by atoms with Crippen molar-refractivity contribution in [3.8, 4) is 0 Å². The third kappa shape index (κ3) is 3.04. The lowest BCUT2D eigenvalue weighted by Crippen LogP contribution is -2.23. The number of pyridine rings is 1. The lowest BCUT2D eigenvalue weighted by atomic mass is 10.3. The summed E-state index contributed by atoms with van der Waals surface area (Å²) in [6.07, 6.45) is -3.50. The van der Waals surface area contributed by atoms with Crippen molar-refractivity contribution >= 4 is 18.7 Å². The molecule has 0 amide bonds. The number of halogens is 3. The van der Waals surface area contributed by atoms with Gasteiger partial charge in [-0.05, 0) is 38.5 Å². The Balaban J connectivity index is 2.79. The zero-order valence-electron chi connectivity index (χ0n) is 12.3. The molecule has 0 aromatic carbocycles. The Kier molecular flexibility index (Phi) is 4.65. The van der Waals surface area contributed by atoms with Crippen molar-refractivity contribution in [2.75, 3.05) is 13.2 Å². The first-order valence-electron chi connectivity index (χ1n) is 6.68. The van der Waals surface area contributed by atoms with E-state index in [1.165, 1.54) is 32.2 Å². The van der Waals surface area contributed by atoms with E-state index in [9.17, 15) is 17.7 Å². The molecule has 0 aliphatic rings. The predicted octanol–water partition coefficient (Wildman–Crippen LogP) is 3.55. The normalized spacial score (nSPS) is 13.0. The van der Waals surface area contributed by atoms with Gasteiger partial charge in [0.2, 0.25) is 0 Å². The summed E-state index contributed by atoms with van der Waals surface area (Å²) in [5.41, 5.74) is -1.05. The summed E-state index contributed by atoms with van der Waals surface area (Å²) in [6, 6.07) is 2.99. The molecule has 2 rings (SSSR count). The van der Waals surface area contributed by atoms with Crippen LogP contribution in [0.2, 0.25) is 0 Å². The molecule has 0 unspecified atom stereocenters. The van der Waals surface area contributed by atoms with Crippen LogP contribution in [-0.2, 0) is 19.8 Å². The Bertz CT molecular complexity index is 717. The van der Waals surface area contributed by atoms with Gasteiger partial charge in [-0.1, -0.05) is 0 Å². The summed E-state index contributed by atoms with van der Waals surface area (Å²) in [7, 11) is -4.15. The second-order valence-corrected chi connectivity index (χ2v) is 6.48. The zero-order valence-corrected chi connectivity index (χ0v) is 13.2. The van der Waals surface area contributed by atoms with Crippen LogP contribution in [-0.4, -0.2) is 22.6 Å². The molecule has 2 aromatic rings. The van der Waals surface area contributed by atoms with Crippen LogP contribution < -0.4 is 5.44 Å². The lowest BCUT2D eigenvalue weighted by Gasteiger charge is -2.17. The molecule has 0 radical (unpaired) electrons. The van der Waals surface area contributed by atoms with Gasteiger partial charge in [0, 0.05) is 6.20 Å². The Labute approximate surface area is 125 Å². The average molecular weight is 336 g/mol. The number of imidazole rings is 1. The minimum absolute atomic E-state index is 0.0435. The highest BCUT2D eigenvalue weighted by Crippen LogP contribution is 2.49. The molecule has 5 nitrogen and oxygen atoms in total. The number of nitrogens with zero attached hydrogens (tertiary/aromatic N) is 2. The van der Waals surface area contributed by atoms with E-state index in [2.05, 4.69) is 4.98 Å². The Morgan fingerprint density at radius 1 is 1.27 bits per heavy atom. The highest BCUT2D eigenvalue weighted by molar-refractivity contribution is 7.62. The van der Waals surface area contributed by atoms with Crippen molar-refractivity contribution in [1.82, 2.24) is 9.38 Å². The average Bonchev–Trinajstić information content (AvgIpc) is 2.78. The van der Waals surface area contributed by atoms with E-state index in [1.54, 1.807) is 6.92 Å². The molecule has 0 spiro atoms. The summed E-state index contributed by atoms with van der Waals surface area (Å²) in [6.45, 7) is 4.67. The second-order valence-electron chi connectivity index (χ2n) is 4.55. The quantitative estimate of drug-likeness (QED) is 0.784. The van der Waals surface area contributed by atoms with Crippen LogP contribution in [0.3, 0.4) is 0 Å². The maximum atomic E-state index is 13.4. The van der Waals surface area contributed by atoms with E-state index in [0.717, 1.165) is 9.96 Å². The molecule has 122 valence electrons. The van der Waals surface area contributed by atoms with Gasteiger partial charge in [0.15, 0.2) is 11.1 Å². The van der Waals surface area contributed by atoms with E-state index >= 15 is 0 Å². The van der Waals surface area contributed by atoms with Gasteiger partial charge < -0.3 is 9.05 Å². The molecule has 22 heavy (non-hydrogen) atoms. The molecule has 0 aliphatic heterocycles. The van der Waals surface area contributed by atoms with Gasteiger partial charge in [-0.3, -0.25) is 8.97 Å². The largest absolute Gasteiger partial charge is 0.434 e. The van der Waals surface area contributed by atoms with E-state index in [1.807, 2.05) is 0 Å². The minimum Gasteiger partial charge on any atom is -0.304 e. The fraction of sp³-hybridized carbons (Fsp3) is 0.462. The van der Waals surface area contributed by atoms with Crippen LogP contribution in [0.1, 0.15) is 25.1 Å². The van der Waals surface area contributed by atoms with Crippen molar-refractivity contribution in [2.24, 2.45) is 0 Å². The topological polar surface area (TPSA) is 52.8 Å². The fourth-order valence-electron chi connectivity index (χ4n) is 2.09. The van der Waals surface area contributed by atoms with Crippen molar-refractivity contribution in [3.05, 3.63) is 29.6 Å². The smallest absolute Gasteiger partial charge is 0.304 e. The van der Waals surface area contributed by atoms with Crippen molar-refractivity contribution in [2.45, 2.75) is 26.9 Å². The van der Waals surface area contributed by atoms with Crippen LogP contribution in [0.15, 0.2) is 18.3 Å². The molecule has 9 heteroatoms. The highest BCUT2D eigenvalue weighted by Gasteiger charge is 2.45. The molecule has 0 bridgehead atoms. The Hall–Kier alpha value is -1.37. The predicted molar refractivity (Wildman–Crippen MR) is 75.4 cm³/mol. The van der Waals surface area contributed by atoms with Crippen LogP contribution in [0.5, 0.6) is 0 Å². The van der Waals surface area contributed by atoms with E-state index < -0.39 is 24.9 Å². The van der Waals surface area contributed by atoms with Crippen LogP contribution in [0.4, 0.5) is 13.2 Å². The number of fused-ring (bicyclic) bond motifs is 1. The standard InChI is InChI=1S/C13H16F3N2O3P/c1-4-20-22(19,21-5-2)12-11(13(14,15)16)18-7-6-9(3)8-10(18)17-12/h6-8H,4-5H2,1-3H3. The first-order chi connectivity index (χ1) is 10.2. The molecule has 0 saturated carbocycles. The van der Waals surface area contributed by atoms with Gasteiger partial charge in [-0.2, -0.15) is 13.2 Å². The van der Waals surface area contributed by atoms with Crippen LogP contribution >= 0.6 is 7.60 Å². The summed E-state index contributed by atoms with van der Waals surface area (Å²) in [5, 5.41) is 0. The van der Waals surface area contributed by atoms with Gasteiger partial charge in [-0.25, -0.2) is 4.98 Å². The molecule has 2 heterocycles. The number of aromatic nitrogens is 2. The number of alkyl halides is 3. The number of rotatable bonds is 5. The summed E-state index contributed by atoms with van der Waals surface area (Å²) in [4.78, 5) is 3.88. The molecule has 0 saturated heterocycles. The molecule has 0 aliphatic carbocycles. The summed E-state index contributed by atoms with van der Waals surface area (Å²) >= 11 is 0. The first-order valence-corrected chi connectivity index (χ1v) is 8.22. The van der Waals surface area contributed by atoms with E-state index in [4.69, 9.17) is 9.05 Å². The van der Waals surface area contributed by atoms with Gasteiger partial charge in [-0.15, -0.1) is 0 Å². The van der Waals surface area contributed by atoms with Gasteiger partial charge >= 0.3 is 13.8 Å². The van der Waals surface area contributed by atoms with Gasteiger partial charge in [0.1, 0.15) is 5.65 Å². The summed E-state index contributed by atoms with van der Waals surface area (Å²) in [5.74, 6) is 0. The second kappa shape index (κ2) is 6.02. The summed E-state index contributed by atoms with van der Waals surface area (Å²) < 4.78 is 63.9. The van der Waals surface area contributed by atoms with E-state index in [0.29, 0.717) is 0 Å². The van der Waals surface area contributed by atoms with Gasteiger partial charge in [0.25, 0.3) is 0 Å². The molecular formula is C13H16F3N2O3P. The van der Waals surface area contributed by atoms with Crippen molar-refractivity contribution < 1.29 is 26.8 Å². The fourth-order valence-corrected chi connectivity index (χ4v) is 3.81. The Morgan fingerprint density at radius 3 is 2.36 bits per heavy atom. The molecule has 2 aromatic heterocycles. The highest BCUT2D eigenvalue weighted by atomic mass is 31.2. The first kappa shape index (κ1) is 17.0. The third-order valence-corrected chi connectivity index (χ3v) is 4.92. The van der Waals surface area contributed by atoms with Crippen LogP contribution in [0.25, 0.3) is 5.65 Å². The van der Waals surface area contributed by atoms with Crippen molar-refractivity contribution in [1.29, 1.82) is 0 Å². The van der Waals surface area contributed by atoms with Crippen molar-refractivity contribution in [3.63, 3.8) is 0 Å². The number of hydrogen-bond acceptors (Lipinski definition) is 4. The number of aryl methyl sites for hydroxylation is 1.